The Morgan fingerprint density at radius 1 is 0.808 bits per heavy atom. The van der Waals surface area contributed by atoms with Gasteiger partial charge in [-0.1, -0.05) is 65.7 Å². The number of anilines is 1. The number of carbonyl (C=O) groups is 1. The minimum absolute atomic E-state index is 0.0288. The third-order valence-electron chi connectivity index (χ3n) is 5.04. The number of benzene rings is 3. The summed E-state index contributed by atoms with van der Waals surface area (Å²) in [5.74, 6) is -0.105. The van der Waals surface area contributed by atoms with Crippen LogP contribution in [0.5, 0.6) is 0 Å². The molecule has 1 aliphatic carbocycles. The van der Waals surface area contributed by atoms with Crippen molar-refractivity contribution in [2.45, 2.75) is 11.8 Å². The van der Waals surface area contributed by atoms with Gasteiger partial charge in [-0.25, -0.2) is 0 Å². The predicted molar refractivity (Wildman–Crippen MR) is 107 cm³/mol. The molecule has 0 saturated heterocycles. The van der Waals surface area contributed by atoms with Gasteiger partial charge in [0, 0.05) is 21.1 Å². The van der Waals surface area contributed by atoms with Crippen molar-refractivity contribution in [3.63, 3.8) is 0 Å². The normalized spacial score (nSPS) is 17.5. The molecule has 0 radical (unpaired) electrons. The molecule has 0 spiro atoms. The number of rotatable bonds is 4. The Labute approximate surface area is 162 Å². The second-order valence-corrected chi connectivity index (χ2v) is 7.47. The van der Waals surface area contributed by atoms with Crippen LogP contribution in [0.25, 0.3) is 0 Å². The Morgan fingerprint density at radius 3 is 1.81 bits per heavy atom. The number of amides is 1. The van der Waals surface area contributed by atoms with Crippen LogP contribution in [0.15, 0.2) is 78.9 Å². The number of para-hydroxylation sites is 1. The monoisotopic (exact) mass is 381 g/mol. The van der Waals surface area contributed by atoms with E-state index in [1.165, 1.54) is 0 Å². The molecule has 1 saturated carbocycles. The van der Waals surface area contributed by atoms with E-state index < -0.39 is 0 Å². The lowest BCUT2D eigenvalue weighted by Gasteiger charge is -2.19. The maximum atomic E-state index is 12.9. The van der Waals surface area contributed by atoms with Crippen LogP contribution >= 0.6 is 23.2 Å². The van der Waals surface area contributed by atoms with Gasteiger partial charge in [-0.2, -0.15) is 0 Å². The molecule has 1 amide bonds. The van der Waals surface area contributed by atoms with E-state index in [-0.39, 0.29) is 17.2 Å². The minimum Gasteiger partial charge on any atom is -0.326 e. The maximum Gasteiger partial charge on any atom is 0.228 e. The standard InChI is InChI=1S/C22H17Cl2NO/c23-17-10-6-15(7-11-17)22(16-8-12-18(24)13-9-16)14-20(22)21(26)25-19-4-2-1-3-5-19/h1-13,20H,14H2,(H,25,26). The number of nitrogens with one attached hydrogen (secondary N) is 1. The van der Waals surface area contributed by atoms with E-state index in [4.69, 9.17) is 23.2 Å². The van der Waals surface area contributed by atoms with Crippen molar-refractivity contribution in [1.82, 2.24) is 0 Å². The van der Waals surface area contributed by atoms with Gasteiger partial charge in [0.05, 0.1) is 5.92 Å². The molecular formula is C22H17Cl2NO. The molecule has 4 rings (SSSR count). The SMILES string of the molecule is O=C(Nc1ccccc1)C1CC1(c1ccc(Cl)cc1)c1ccc(Cl)cc1. The fourth-order valence-corrected chi connectivity index (χ4v) is 3.88. The number of hydrogen-bond donors (Lipinski definition) is 1. The molecule has 4 heteroatoms. The average molecular weight is 382 g/mol. The van der Waals surface area contributed by atoms with Gasteiger partial charge >= 0.3 is 0 Å². The van der Waals surface area contributed by atoms with Gasteiger partial charge in [-0.3, -0.25) is 4.79 Å². The molecular weight excluding hydrogens is 365 g/mol. The first-order chi connectivity index (χ1) is 12.6. The van der Waals surface area contributed by atoms with Crippen molar-refractivity contribution in [1.29, 1.82) is 0 Å². The summed E-state index contributed by atoms with van der Waals surface area (Å²) < 4.78 is 0. The van der Waals surface area contributed by atoms with Crippen molar-refractivity contribution in [3.8, 4) is 0 Å². The Hall–Kier alpha value is -2.29. The molecule has 2 nitrogen and oxygen atoms in total. The second-order valence-electron chi connectivity index (χ2n) is 6.60. The zero-order valence-electron chi connectivity index (χ0n) is 14.0. The zero-order valence-corrected chi connectivity index (χ0v) is 15.5. The third kappa shape index (κ3) is 3.11. The Bertz CT molecular complexity index is 875. The van der Waals surface area contributed by atoms with Gasteiger partial charge in [0.2, 0.25) is 5.91 Å². The summed E-state index contributed by atoms with van der Waals surface area (Å²) in [5.41, 5.74) is 2.66. The van der Waals surface area contributed by atoms with Crippen LogP contribution in [-0.4, -0.2) is 5.91 Å². The first-order valence-corrected chi connectivity index (χ1v) is 9.23. The lowest BCUT2D eigenvalue weighted by atomic mass is 9.85. The molecule has 3 aromatic rings. The van der Waals surface area contributed by atoms with E-state index in [9.17, 15) is 4.79 Å². The van der Waals surface area contributed by atoms with Gasteiger partial charge in [-0.15, -0.1) is 0 Å². The fourth-order valence-electron chi connectivity index (χ4n) is 3.63. The van der Waals surface area contributed by atoms with Crippen LogP contribution in [0, 0.1) is 5.92 Å². The first kappa shape index (κ1) is 17.1. The van der Waals surface area contributed by atoms with Gasteiger partial charge in [-0.05, 0) is 53.9 Å². The highest BCUT2D eigenvalue weighted by Gasteiger charge is 2.60. The average Bonchev–Trinajstić information content (AvgIpc) is 3.41. The van der Waals surface area contributed by atoms with Crippen LogP contribution in [0.3, 0.4) is 0 Å². The highest BCUT2D eigenvalue weighted by atomic mass is 35.5. The highest BCUT2D eigenvalue weighted by Crippen LogP contribution is 2.59. The van der Waals surface area contributed by atoms with Gasteiger partial charge in [0.25, 0.3) is 0 Å². The first-order valence-electron chi connectivity index (χ1n) is 8.47. The Balaban J connectivity index is 1.68. The van der Waals surface area contributed by atoms with Crippen LogP contribution in [0.4, 0.5) is 5.69 Å². The third-order valence-corrected chi connectivity index (χ3v) is 5.54. The maximum absolute atomic E-state index is 12.9. The molecule has 130 valence electrons. The summed E-state index contributed by atoms with van der Waals surface area (Å²) in [6.07, 6.45) is 0.759. The smallest absolute Gasteiger partial charge is 0.228 e. The van der Waals surface area contributed by atoms with Crippen molar-refractivity contribution >= 4 is 34.8 Å². The van der Waals surface area contributed by atoms with E-state index in [0.29, 0.717) is 10.0 Å². The molecule has 1 N–H and O–H groups in total. The van der Waals surface area contributed by atoms with Gasteiger partial charge < -0.3 is 5.32 Å². The lowest BCUT2D eigenvalue weighted by Crippen LogP contribution is -2.22. The minimum atomic E-state index is -0.339. The lowest BCUT2D eigenvalue weighted by molar-refractivity contribution is -0.117. The van der Waals surface area contributed by atoms with Gasteiger partial charge in [0.1, 0.15) is 0 Å². The Kier molecular flexibility index (Phi) is 4.47. The van der Waals surface area contributed by atoms with E-state index in [2.05, 4.69) is 5.32 Å². The zero-order chi connectivity index (χ0) is 18.1. The summed E-state index contributed by atoms with van der Waals surface area (Å²) in [5, 5.41) is 4.40. The van der Waals surface area contributed by atoms with Crippen molar-refractivity contribution < 1.29 is 4.79 Å². The van der Waals surface area contributed by atoms with Crippen LogP contribution < -0.4 is 5.32 Å². The Morgan fingerprint density at radius 2 is 1.31 bits per heavy atom. The molecule has 1 fully saturated rings. The van der Waals surface area contributed by atoms with E-state index in [1.807, 2.05) is 78.9 Å². The number of halogens is 2. The van der Waals surface area contributed by atoms with Crippen molar-refractivity contribution in [2.75, 3.05) is 5.32 Å². The fraction of sp³-hybridized carbons (Fsp3) is 0.136. The molecule has 26 heavy (non-hydrogen) atoms. The largest absolute Gasteiger partial charge is 0.326 e. The topological polar surface area (TPSA) is 29.1 Å². The van der Waals surface area contributed by atoms with Gasteiger partial charge in [0.15, 0.2) is 0 Å². The highest BCUT2D eigenvalue weighted by molar-refractivity contribution is 6.30. The summed E-state index contributed by atoms with van der Waals surface area (Å²) in [4.78, 5) is 12.9. The summed E-state index contributed by atoms with van der Waals surface area (Å²) >= 11 is 12.1. The molecule has 1 unspecified atom stereocenters. The van der Waals surface area contributed by atoms with E-state index in [1.54, 1.807) is 0 Å². The molecule has 0 aliphatic heterocycles. The van der Waals surface area contributed by atoms with Crippen LogP contribution in [0.1, 0.15) is 17.5 Å². The molecule has 1 aliphatic rings. The molecule has 0 aromatic heterocycles. The van der Waals surface area contributed by atoms with Crippen molar-refractivity contribution in [3.05, 3.63) is 100 Å². The summed E-state index contributed by atoms with van der Waals surface area (Å²) in [6, 6.07) is 25.1. The quantitative estimate of drug-likeness (QED) is 0.595. The number of hydrogen-bond acceptors (Lipinski definition) is 1. The molecule has 1 atom stereocenters. The second kappa shape index (κ2) is 6.79. The summed E-state index contributed by atoms with van der Waals surface area (Å²) in [7, 11) is 0. The molecule has 0 bridgehead atoms. The van der Waals surface area contributed by atoms with E-state index in [0.717, 1.165) is 23.2 Å². The van der Waals surface area contributed by atoms with Crippen LogP contribution in [-0.2, 0) is 10.2 Å². The van der Waals surface area contributed by atoms with Crippen molar-refractivity contribution in [2.24, 2.45) is 5.92 Å². The number of carbonyl (C=O) groups excluding carboxylic acids is 1. The predicted octanol–water partition coefficient (Wildman–Crippen LogP) is 5.94. The molecule has 0 heterocycles. The molecule has 3 aromatic carbocycles. The van der Waals surface area contributed by atoms with Crippen LogP contribution in [0.2, 0.25) is 10.0 Å². The summed E-state index contributed by atoms with van der Waals surface area (Å²) in [6.45, 7) is 0. The van der Waals surface area contributed by atoms with E-state index >= 15 is 0 Å².